The van der Waals surface area contributed by atoms with E-state index in [1.165, 1.54) is 4.90 Å². The molecule has 12 nitrogen and oxygen atoms in total. The molecule has 0 saturated carbocycles. The van der Waals surface area contributed by atoms with Gasteiger partial charge in [-0.15, -0.1) is 0 Å². The van der Waals surface area contributed by atoms with Crippen LogP contribution in [0.2, 0.25) is 0 Å². The summed E-state index contributed by atoms with van der Waals surface area (Å²) in [6.45, 7) is 1.80. The first kappa shape index (κ1) is 25.6. The molecule has 0 unspecified atom stereocenters. The van der Waals surface area contributed by atoms with E-state index in [-0.39, 0.29) is 29.1 Å². The van der Waals surface area contributed by atoms with E-state index < -0.39 is 10.8 Å². The van der Waals surface area contributed by atoms with Gasteiger partial charge in [0.15, 0.2) is 0 Å². The molecule has 2 aromatic heterocycles. The van der Waals surface area contributed by atoms with E-state index in [0.29, 0.717) is 42.7 Å². The van der Waals surface area contributed by atoms with Crippen molar-refractivity contribution in [2.45, 2.75) is 25.8 Å². The van der Waals surface area contributed by atoms with Gasteiger partial charge in [-0.3, -0.25) is 29.8 Å². The molecule has 1 aliphatic rings. The third-order valence-electron chi connectivity index (χ3n) is 6.77. The highest BCUT2D eigenvalue weighted by Gasteiger charge is 2.22. The van der Waals surface area contributed by atoms with E-state index in [1.54, 1.807) is 37.4 Å². The van der Waals surface area contributed by atoms with Crippen LogP contribution in [0.1, 0.15) is 40.1 Å². The van der Waals surface area contributed by atoms with Crippen LogP contribution in [0.5, 0.6) is 0 Å². The smallest absolute Gasteiger partial charge is 0.287 e. The number of benzene rings is 2. The lowest BCUT2D eigenvalue weighted by atomic mass is 10.2. The van der Waals surface area contributed by atoms with Crippen LogP contribution in [0.25, 0.3) is 11.0 Å². The Morgan fingerprint density at radius 1 is 1.15 bits per heavy atom. The minimum Gasteiger partial charge on any atom is -0.351 e. The number of likely N-dealkylation sites (tertiary alicyclic amines) is 1. The zero-order valence-corrected chi connectivity index (χ0v) is 21.3. The first-order valence-corrected chi connectivity index (χ1v) is 12.6. The molecule has 2 aromatic carbocycles. The number of anilines is 2. The number of nitrogens with one attached hydrogen (secondary N) is 2. The number of nitro groups is 1. The molecule has 2 N–H and O–H groups in total. The highest BCUT2D eigenvalue weighted by molar-refractivity contribution is 6.07. The van der Waals surface area contributed by atoms with Gasteiger partial charge in [0, 0.05) is 50.4 Å². The molecule has 200 valence electrons. The van der Waals surface area contributed by atoms with E-state index in [1.807, 2.05) is 27.7 Å². The van der Waals surface area contributed by atoms with Crippen LogP contribution in [0.15, 0.2) is 60.8 Å². The molecule has 4 aromatic rings. The number of aromatic amines is 1. The minimum absolute atomic E-state index is 0.0249. The van der Waals surface area contributed by atoms with Crippen molar-refractivity contribution >= 4 is 46.1 Å². The van der Waals surface area contributed by atoms with Crippen molar-refractivity contribution in [3.63, 3.8) is 0 Å². The summed E-state index contributed by atoms with van der Waals surface area (Å²) in [4.78, 5) is 58.9. The summed E-state index contributed by atoms with van der Waals surface area (Å²) in [5, 5.41) is 13.8. The summed E-state index contributed by atoms with van der Waals surface area (Å²) < 4.78 is 1.84. The number of hydrogen-bond donors (Lipinski definition) is 2. The lowest BCUT2D eigenvalue weighted by Gasteiger charge is -2.18. The molecule has 39 heavy (non-hydrogen) atoms. The van der Waals surface area contributed by atoms with Crippen molar-refractivity contribution < 1.29 is 19.3 Å². The predicted octanol–water partition coefficient (Wildman–Crippen LogP) is 3.81. The minimum atomic E-state index is -0.586. The number of aromatic nitrogens is 3. The lowest BCUT2D eigenvalue weighted by molar-refractivity contribution is -0.384. The van der Waals surface area contributed by atoms with E-state index in [2.05, 4.69) is 15.3 Å². The zero-order chi connectivity index (χ0) is 27.5. The maximum atomic E-state index is 13.0. The SMILES string of the molecule is CN(C(=O)c1ccccc1)c1ccc2c(c1)nc(NC(=O)c1cc([N+](=O)[O-])c[nH]1)n2CCCN1CCCC1=O. The van der Waals surface area contributed by atoms with Crippen LogP contribution in [-0.2, 0) is 11.3 Å². The quantitative estimate of drug-likeness (QED) is 0.249. The van der Waals surface area contributed by atoms with Crippen molar-refractivity contribution in [3.05, 3.63) is 82.2 Å². The monoisotopic (exact) mass is 529 g/mol. The van der Waals surface area contributed by atoms with Crippen LogP contribution in [0.4, 0.5) is 17.3 Å². The maximum absolute atomic E-state index is 13.0. The van der Waals surface area contributed by atoms with Gasteiger partial charge in [0.25, 0.3) is 17.5 Å². The number of H-pyrrole nitrogens is 1. The summed E-state index contributed by atoms with van der Waals surface area (Å²) in [5.74, 6) is -0.352. The fourth-order valence-corrected chi connectivity index (χ4v) is 4.69. The van der Waals surface area contributed by atoms with Gasteiger partial charge >= 0.3 is 0 Å². The number of nitrogens with zero attached hydrogens (tertiary/aromatic N) is 5. The Morgan fingerprint density at radius 2 is 1.95 bits per heavy atom. The molecular weight excluding hydrogens is 502 g/mol. The van der Waals surface area contributed by atoms with E-state index in [0.717, 1.165) is 30.7 Å². The number of fused-ring (bicyclic) bond motifs is 1. The molecule has 0 aliphatic carbocycles. The summed E-state index contributed by atoms with van der Waals surface area (Å²) in [6.07, 6.45) is 3.21. The summed E-state index contributed by atoms with van der Waals surface area (Å²) in [6, 6.07) is 15.5. The van der Waals surface area contributed by atoms with Crippen LogP contribution in [0.3, 0.4) is 0 Å². The number of aryl methyl sites for hydroxylation is 1. The molecule has 1 aliphatic heterocycles. The number of amides is 3. The van der Waals surface area contributed by atoms with Gasteiger partial charge < -0.3 is 19.4 Å². The Balaban J connectivity index is 1.43. The van der Waals surface area contributed by atoms with Crippen molar-refractivity contribution in [2.24, 2.45) is 0 Å². The molecule has 1 fully saturated rings. The lowest BCUT2D eigenvalue weighted by Crippen LogP contribution is -2.26. The second-order valence-electron chi connectivity index (χ2n) is 9.31. The van der Waals surface area contributed by atoms with E-state index in [4.69, 9.17) is 0 Å². The highest BCUT2D eigenvalue weighted by atomic mass is 16.6. The van der Waals surface area contributed by atoms with Gasteiger partial charge in [0.05, 0.1) is 22.2 Å². The number of carbonyl (C=O) groups excluding carboxylic acids is 3. The van der Waals surface area contributed by atoms with Gasteiger partial charge in [0.1, 0.15) is 5.69 Å². The molecule has 3 amide bonds. The molecule has 0 spiro atoms. The number of hydrogen-bond acceptors (Lipinski definition) is 6. The molecule has 0 bridgehead atoms. The molecule has 5 rings (SSSR count). The Hall–Kier alpha value is -5.00. The Morgan fingerprint density at radius 3 is 2.64 bits per heavy atom. The van der Waals surface area contributed by atoms with Crippen LogP contribution < -0.4 is 10.2 Å². The second-order valence-corrected chi connectivity index (χ2v) is 9.31. The molecule has 0 atom stereocenters. The Kier molecular flexibility index (Phi) is 7.08. The van der Waals surface area contributed by atoms with Gasteiger partial charge in [0.2, 0.25) is 11.9 Å². The molecule has 0 radical (unpaired) electrons. The number of carbonyl (C=O) groups is 3. The van der Waals surface area contributed by atoms with E-state index in [9.17, 15) is 24.5 Å². The third-order valence-corrected chi connectivity index (χ3v) is 6.77. The first-order chi connectivity index (χ1) is 18.8. The third kappa shape index (κ3) is 5.35. The molecule has 12 heteroatoms. The van der Waals surface area contributed by atoms with Gasteiger partial charge in [-0.2, -0.15) is 0 Å². The Bertz CT molecular complexity index is 1560. The fraction of sp³-hybridized carbons (Fsp3) is 0.259. The standard InChI is InChI=1S/C27H27N7O5/c1-31(26(37)18-7-3-2-4-8-18)19-10-11-23-21(15-19)29-27(30-25(36)22-16-20(17-28-22)34(38)39)33(23)14-6-13-32-12-5-9-24(32)35/h2-4,7-8,10-11,15-17,28H,5-6,9,12-14H2,1H3,(H,29,30,36). The van der Waals surface area contributed by atoms with Crippen molar-refractivity contribution in [1.29, 1.82) is 0 Å². The maximum Gasteiger partial charge on any atom is 0.287 e. The average molecular weight is 530 g/mol. The second kappa shape index (κ2) is 10.8. The summed E-state index contributed by atoms with van der Waals surface area (Å²) in [7, 11) is 1.68. The predicted molar refractivity (Wildman–Crippen MR) is 145 cm³/mol. The molecular formula is C27H27N7O5. The number of imidazole rings is 1. The molecule has 3 heterocycles. The van der Waals surface area contributed by atoms with Crippen LogP contribution in [-0.4, -0.2) is 62.2 Å². The first-order valence-electron chi connectivity index (χ1n) is 12.6. The largest absolute Gasteiger partial charge is 0.351 e. The summed E-state index contributed by atoms with van der Waals surface area (Å²) >= 11 is 0. The average Bonchev–Trinajstić information content (AvgIpc) is 3.67. The van der Waals surface area contributed by atoms with Gasteiger partial charge in [-0.25, -0.2) is 4.98 Å². The van der Waals surface area contributed by atoms with Crippen molar-refractivity contribution in [1.82, 2.24) is 19.4 Å². The van der Waals surface area contributed by atoms with Crippen molar-refractivity contribution in [2.75, 3.05) is 30.4 Å². The van der Waals surface area contributed by atoms with Gasteiger partial charge in [-0.1, -0.05) is 18.2 Å². The van der Waals surface area contributed by atoms with E-state index >= 15 is 0 Å². The van der Waals surface area contributed by atoms with Crippen LogP contribution in [0, 0.1) is 10.1 Å². The summed E-state index contributed by atoms with van der Waals surface area (Å²) in [5.41, 5.74) is 2.28. The fourth-order valence-electron chi connectivity index (χ4n) is 4.69. The Labute approximate surface area is 223 Å². The molecule has 1 saturated heterocycles. The zero-order valence-electron chi connectivity index (χ0n) is 21.3. The van der Waals surface area contributed by atoms with Gasteiger partial charge in [-0.05, 0) is 43.2 Å². The van der Waals surface area contributed by atoms with Crippen molar-refractivity contribution in [3.8, 4) is 0 Å². The normalized spacial score (nSPS) is 13.2. The number of rotatable bonds is 9. The highest BCUT2D eigenvalue weighted by Crippen LogP contribution is 2.27. The van der Waals surface area contributed by atoms with Crippen LogP contribution >= 0.6 is 0 Å². The topological polar surface area (TPSA) is 146 Å².